The van der Waals surface area contributed by atoms with Gasteiger partial charge in [0.15, 0.2) is 0 Å². The SMILES string of the molecule is C=C(C)C(=C\C)/C(Cc1ccc(/C=C/C(F)=C\C(=C/C)CC(C)C)cc1)=C(/C)SC. The van der Waals surface area contributed by atoms with Crippen LogP contribution in [0.2, 0.25) is 0 Å². The Kier molecular flexibility index (Phi) is 11.5. The fourth-order valence-corrected chi connectivity index (χ4v) is 3.72. The molecule has 2 heteroatoms. The van der Waals surface area contributed by atoms with Crippen molar-refractivity contribution < 1.29 is 4.39 Å². The van der Waals surface area contributed by atoms with E-state index in [1.54, 1.807) is 23.9 Å². The van der Waals surface area contributed by atoms with Crippen molar-refractivity contribution in [2.24, 2.45) is 5.92 Å². The van der Waals surface area contributed by atoms with E-state index in [1.165, 1.54) is 21.6 Å². The maximum absolute atomic E-state index is 14.3. The smallest absolute Gasteiger partial charge is 0.123 e. The Hall–Kier alpha value is -2.06. The minimum atomic E-state index is -0.215. The number of halogens is 1. The Morgan fingerprint density at radius 3 is 2.20 bits per heavy atom. The molecule has 30 heavy (non-hydrogen) atoms. The van der Waals surface area contributed by atoms with Crippen LogP contribution in [0, 0.1) is 5.92 Å². The molecule has 0 unspecified atom stereocenters. The second-order valence-corrected chi connectivity index (χ2v) is 8.98. The van der Waals surface area contributed by atoms with Crippen LogP contribution in [0.3, 0.4) is 0 Å². The first-order valence-electron chi connectivity index (χ1n) is 10.6. The van der Waals surface area contributed by atoms with Crippen molar-refractivity contribution in [1.29, 1.82) is 0 Å². The summed E-state index contributed by atoms with van der Waals surface area (Å²) in [4.78, 5) is 1.31. The molecule has 0 radical (unpaired) electrons. The number of hydrogen-bond acceptors (Lipinski definition) is 1. The molecular weight excluding hydrogens is 387 g/mol. The van der Waals surface area contributed by atoms with Gasteiger partial charge >= 0.3 is 0 Å². The molecular formula is C28H37FS. The van der Waals surface area contributed by atoms with Gasteiger partial charge in [-0.2, -0.15) is 0 Å². The molecule has 0 atom stereocenters. The molecule has 0 aliphatic rings. The third kappa shape index (κ3) is 8.75. The van der Waals surface area contributed by atoms with Crippen molar-refractivity contribution in [2.45, 2.75) is 54.4 Å². The van der Waals surface area contributed by atoms with Crippen LogP contribution in [0.15, 0.2) is 88.2 Å². The molecule has 0 saturated carbocycles. The molecule has 1 rings (SSSR count). The minimum absolute atomic E-state index is 0.215. The molecule has 0 aliphatic heterocycles. The van der Waals surface area contributed by atoms with Crippen LogP contribution in [0.4, 0.5) is 4.39 Å². The Labute approximate surface area is 188 Å². The van der Waals surface area contributed by atoms with Crippen molar-refractivity contribution >= 4 is 17.8 Å². The molecule has 0 N–H and O–H groups in total. The van der Waals surface area contributed by atoms with E-state index < -0.39 is 0 Å². The van der Waals surface area contributed by atoms with E-state index in [9.17, 15) is 4.39 Å². The maximum Gasteiger partial charge on any atom is 0.123 e. The first-order chi connectivity index (χ1) is 14.2. The summed E-state index contributed by atoms with van der Waals surface area (Å²) in [7, 11) is 0. The number of rotatable bonds is 10. The van der Waals surface area contributed by atoms with Crippen LogP contribution in [0.25, 0.3) is 6.08 Å². The Morgan fingerprint density at radius 1 is 1.10 bits per heavy atom. The van der Waals surface area contributed by atoms with E-state index in [1.807, 2.05) is 31.2 Å². The lowest BCUT2D eigenvalue weighted by Gasteiger charge is -2.15. The third-order valence-electron chi connectivity index (χ3n) is 4.94. The number of thioether (sulfide) groups is 1. The van der Waals surface area contributed by atoms with Crippen LogP contribution in [0.1, 0.15) is 59.1 Å². The van der Waals surface area contributed by atoms with Gasteiger partial charge < -0.3 is 0 Å². The van der Waals surface area contributed by atoms with Crippen LogP contribution in [-0.4, -0.2) is 6.26 Å². The summed E-state index contributed by atoms with van der Waals surface area (Å²) in [6.07, 6.45) is 13.0. The summed E-state index contributed by atoms with van der Waals surface area (Å²) >= 11 is 1.77. The first kappa shape index (κ1) is 26.0. The molecule has 0 fully saturated rings. The summed E-state index contributed by atoms with van der Waals surface area (Å²) in [5, 5.41) is 0. The molecule has 1 aromatic rings. The van der Waals surface area contributed by atoms with Crippen molar-refractivity contribution in [3.05, 3.63) is 99.3 Å². The second kappa shape index (κ2) is 13.3. The molecule has 0 heterocycles. The van der Waals surface area contributed by atoms with Gasteiger partial charge in [0, 0.05) is 0 Å². The van der Waals surface area contributed by atoms with Gasteiger partial charge in [-0.3, -0.25) is 0 Å². The quantitative estimate of drug-likeness (QED) is 0.337. The lowest BCUT2D eigenvalue weighted by molar-refractivity contribution is 0.637. The summed E-state index contributed by atoms with van der Waals surface area (Å²) < 4.78 is 14.3. The highest BCUT2D eigenvalue weighted by Gasteiger charge is 2.10. The van der Waals surface area contributed by atoms with Gasteiger partial charge in [-0.05, 0) is 97.6 Å². The van der Waals surface area contributed by atoms with E-state index in [0.717, 1.165) is 29.6 Å². The Balaban J connectivity index is 2.98. The van der Waals surface area contributed by atoms with Gasteiger partial charge in [-0.1, -0.05) is 68.5 Å². The molecule has 0 saturated heterocycles. The molecule has 1 aromatic carbocycles. The highest BCUT2D eigenvalue weighted by molar-refractivity contribution is 8.02. The largest absolute Gasteiger partial charge is 0.207 e. The van der Waals surface area contributed by atoms with Crippen molar-refractivity contribution in [3.63, 3.8) is 0 Å². The van der Waals surface area contributed by atoms with Gasteiger partial charge in [-0.25, -0.2) is 4.39 Å². The predicted molar refractivity (Wildman–Crippen MR) is 136 cm³/mol. The van der Waals surface area contributed by atoms with Crippen LogP contribution < -0.4 is 0 Å². The van der Waals surface area contributed by atoms with E-state index in [4.69, 9.17) is 0 Å². The Morgan fingerprint density at radius 2 is 1.73 bits per heavy atom. The topological polar surface area (TPSA) is 0 Å². The molecule has 0 aromatic heterocycles. The number of hydrogen-bond donors (Lipinski definition) is 0. The van der Waals surface area contributed by atoms with E-state index in [2.05, 4.69) is 65.7 Å². The zero-order valence-corrected chi connectivity index (χ0v) is 20.5. The summed E-state index contributed by atoms with van der Waals surface area (Å²) in [6, 6.07) is 8.34. The normalized spacial score (nSPS) is 14.5. The first-order valence-corrected chi connectivity index (χ1v) is 11.8. The van der Waals surface area contributed by atoms with Gasteiger partial charge in [0.25, 0.3) is 0 Å². The average Bonchev–Trinajstić information content (AvgIpc) is 2.71. The molecule has 0 bridgehead atoms. The zero-order valence-electron chi connectivity index (χ0n) is 19.7. The average molecular weight is 425 g/mol. The zero-order chi connectivity index (χ0) is 22.7. The Bertz CT molecular complexity index is 858. The predicted octanol–water partition coefficient (Wildman–Crippen LogP) is 9.25. The molecule has 162 valence electrons. The second-order valence-electron chi connectivity index (χ2n) is 7.96. The summed E-state index contributed by atoms with van der Waals surface area (Å²) in [5.41, 5.74) is 6.88. The fourth-order valence-electron chi connectivity index (χ4n) is 3.29. The van der Waals surface area contributed by atoms with Crippen LogP contribution in [-0.2, 0) is 6.42 Å². The van der Waals surface area contributed by atoms with Crippen LogP contribution in [0.5, 0.6) is 0 Å². The number of benzene rings is 1. The monoisotopic (exact) mass is 424 g/mol. The van der Waals surface area contributed by atoms with Gasteiger partial charge in [-0.15, -0.1) is 11.8 Å². The van der Waals surface area contributed by atoms with E-state index >= 15 is 0 Å². The standard InChI is InChI=1S/C28H37FS/c1-9-23(17-20(3)4)18-26(29)16-15-24-11-13-25(14-12-24)19-28(22(7)30-8)27(10-2)21(5)6/h9-16,18,20H,5,17,19H2,1-4,6-8H3/b16-15+,23-9-,26-18+,27-10+,28-22-. The molecule has 0 spiro atoms. The molecule has 0 nitrogen and oxygen atoms in total. The minimum Gasteiger partial charge on any atom is -0.207 e. The van der Waals surface area contributed by atoms with Crippen molar-refractivity contribution in [3.8, 4) is 0 Å². The van der Waals surface area contributed by atoms with Crippen molar-refractivity contribution in [1.82, 2.24) is 0 Å². The number of allylic oxidation sites excluding steroid dienone is 10. The lowest BCUT2D eigenvalue weighted by atomic mass is 9.93. The molecule has 0 aliphatic carbocycles. The van der Waals surface area contributed by atoms with Crippen LogP contribution >= 0.6 is 11.8 Å². The highest BCUT2D eigenvalue weighted by Crippen LogP contribution is 2.29. The summed E-state index contributed by atoms with van der Waals surface area (Å²) in [5.74, 6) is 0.297. The van der Waals surface area contributed by atoms with Gasteiger partial charge in [0.1, 0.15) is 5.83 Å². The molecule has 0 amide bonds. The van der Waals surface area contributed by atoms with Gasteiger partial charge in [0.05, 0.1) is 0 Å². The van der Waals surface area contributed by atoms with Gasteiger partial charge in [0.2, 0.25) is 0 Å². The fraction of sp³-hybridized carbons (Fsp3) is 0.357. The lowest BCUT2D eigenvalue weighted by Crippen LogP contribution is -1.99. The van der Waals surface area contributed by atoms with E-state index in [0.29, 0.717) is 5.92 Å². The summed E-state index contributed by atoms with van der Waals surface area (Å²) in [6.45, 7) is 16.7. The highest BCUT2D eigenvalue weighted by atomic mass is 32.2. The third-order valence-corrected chi connectivity index (χ3v) is 5.80. The van der Waals surface area contributed by atoms with E-state index in [-0.39, 0.29) is 5.83 Å². The van der Waals surface area contributed by atoms with Crippen molar-refractivity contribution in [2.75, 3.05) is 6.26 Å². The maximum atomic E-state index is 14.3.